The fraction of sp³-hybridized carbons (Fsp3) is 0.667. The van der Waals surface area contributed by atoms with Gasteiger partial charge in [0.05, 0.1) is 18.7 Å². The molecule has 8 heteroatoms. The standard InChI is InChI=1S/C15H22BrN3O4/c1-5-22-12(20)10-8-11(16)18-19(10)9-15(6-7-15)17-13(21)23-14(2,3)4/h8H,5-7,9H2,1-4H3,(H,17,21). The number of hydrogen-bond acceptors (Lipinski definition) is 5. The molecule has 0 spiro atoms. The third kappa shape index (κ3) is 4.95. The van der Waals surface area contributed by atoms with Crippen LogP contribution in [0.3, 0.4) is 0 Å². The Morgan fingerprint density at radius 1 is 1.43 bits per heavy atom. The van der Waals surface area contributed by atoms with Gasteiger partial charge in [-0.05, 0) is 56.5 Å². The molecule has 1 saturated carbocycles. The molecule has 0 aromatic carbocycles. The van der Waals surface area contributed by atoms with Crippen molar-refractivity contribution < 1.29 is 19.1 Å². The summed E-state index contributed by atoms with van der Waals surface area (Å²) < 4.78 is 12.4. The fourth-order valence-corrected chi connectivity index (χ4v) is 2.56. The molecule has 1 aliphatic carbocycles. The van der Waals surface area contributed by atoms with Crippen molar-refractivity contribution in [3.05, 3.63) is 16.4 Å². The van der Waals surface area contributed by atoms with E-state index >= 15 is 0 Å². The van der Waals surface area contributed by atoms with E-state index in [1.54, 1.807) is 17.7 Å². The highest BCUT2D eigenvalue weighted by Gasteiger charge is 2.46. The van der Waals surface area contributed by atoms with Crippen LogP contribution in [0.4, 0.5) is 4.79 Å². The zero-order valence-corrected chi connectivity index (χ0v) is 15.4. The van der Waals surface area contributed by atoms with E-state index in [9.17, 15) is 9.59 Å². The lowest BCUT2D eigenvalue weighted by atomic mass is 10.2. The highest BCUT2D eigenvalue weighted by molar-refractivity contribution is 9.10. The molecule has 0 radical (unpaired) electrons. The Kier molecular flexibility index (Phi) is 5.03. The van der Waals surface area contributed by atoms with Gasteiger partial charge < -0.3 is 14.8 Å². The number of carbonyl (C=O) groups excluding carboxylic acids is 2. The summed E-state index contributed by atoms with van der Waals surface area (Å²) in [6.07, 6.45) is 1.16. The zero-order valence-electron chi connectivity index (χ0n) is 13.8. The first-order valence-electron chi connectivity index (χ1n) is 7.56. The molecule has 0 aliphatic heterocycles. The van der Waals surface area contributed by atoms with Crippen LogP contribution in [0.15, 0.2) is 10.7 Å². The molecular weight excluding hydrogens is 366 g/mol. The van der Waals surface area contributed by atoms with Gasteiger partial charge in [-0.3, -0.25) is 4.68 Å². The summed E-state index contributed by atoms with van der Waals surface area (Å²) >= 11 is 3.27. The molecule has 0 unspecified atom stereocenters. The zero-order chi connectivity index (χ0) is 17.3. The second-order valence-corrected chi connectivity index (χ2v) is 7.45. The van der Waals surface area contributed by atoms with Gasteiger partial charge in [-0.2, -0.15) is 5.10 Å². The summed E-state index contributed by atoms with van der Waals surface area (Å²) in [4.78, 5) is 23.9. The topological polar surface area (TPSA) is 82.5 Å². The van der Waals surface area contributed by atoms with Gasteiger partial charge in [-0.15, -0.1) is 0 Å². The van der Waals surface area contributed by atoms with E-state index in [-0.39, 0.29) is 0 Å². The third-order valence-corrected chi connectivity index (χ3v) is 3.69. The number of aromatic nitrogens is 2. The molecule has 1 amide bonds. The average molecular weight is 388 g/mol. The van der Waals surface area contributed by atoms with Crippen LogP contribution in [0.25, 0.3) is 0 Å². The van der Waals surface area contributed by atoms with Gasteiger partial charge in [0.1, 0.15) is 15.9 Å². The van der Waals surface area contributed by atoms with Crippen LogP contribution in [0, 0.1) is 0 Å². The number of carbonyl (C=O) groups is 2. The van der Waals surface area contributed by atoms with E-state index in [0.29, 0.717) is 23.4 Å². The van der Waals surface area contributed by atoms with Crippen LogP contribution < -0.4 is 5.32 Å². The van der Waals surface area contributed by atoms with E-state index < -0.39 is 23.2 Å². The van der Waals surface area contributed by atoms with Crippen molar-refractivity contribution in [2.24, 2.45) is 0 Å². The van der Waals surface area contributed by atoms with E-state index in [1.807, 2.05) is 20.8 Å². The second-order valence-electron chi connectivity index (χ2n) is 6.64. The predicted octanol–water partition coefficient (Wildman–Crippen LogP) is 2.88. The fourth-order valence-electron chi connectivity index (χ4n) is 2.16. The minimum absolute atomic E-state index is 0.295. The maximum absolute atomic E-state index is 12.0. The average Bonchev–Trinajstić information content (AvgIpc) is 3.01. The van der Waals surface area contributed by atoms with Gasteiger partial charge in [0.15, 0.2) is 0 Å². The molecule has 1 aromatic heterocycles. The SMILES string of the molecule is CCOC(=O)c1cc(Br)nn1CC1(NC(=O)OC(C)(C)C)CC1. The van der Waals surface area contributed by atoms with Gasteiger partial charge in [0, 0.05) is 6.07 Å². The third-order valence-electron chi connectivity index (χ3n) is 3.31. The Labute approximate surface area is 143 Å². The van der Waals surface area contributed by atoms with Gasteiger partial charge in [0.2, 0.25) is 0 Å². The number of alkyl carbamates (subject to hydrolysis) is 1. The molecule has 1 N–H and O–H groups in total. The minimum Gasteiger partial charge on any atom is -0.461 e. The van der Waals surface area contributed by atoms with Gasteiger partial charge >= 0.3 is 12.1 Å². The largest absolute Gasteiger partial charge is 0.461 e. The van der Waals surface area contributed by atoms with Crippen molar-refractivity contribution in [1.82, 2.24) is 15.1 Å². The Morgan fingerprint density at radius 2 is 2.09 bits per heavy atom. The number of esters is 1. The molecule has 2 rings (SSSR count). The number of ether oxygens (including phenoxy) is 2. The summed E-state index contributed by atoms with van der Waals surface area (Å²) in [6, 6.07) is 1.61. The van der Waals surface area contributed by atoms with Crippen LogP contribution in [0.2, 0.25) is 0 Å². The number of rotatable bonds is 5. The lowest BCUT2D eigenvalue weighted by Crippen LogP contribution is -2.43. The lowest BCUT2D eigenvalue weighted by molar-refractivity contribution is 0.0488. The van der Waals surface area contributed by atoms with Crippen molar-refractivity contribution in [2.45, 2.75) is 58.2 Å². The first kappa shape index (κ1) is 17.8. The van der Waals surface area contributed by atoms with Crippen LogP contribution >= 0.6 is 15.9 Å². The van der Waals surface area contributed by atoms with Crippen LogP contribution in [0.5, 0.6) is 0 Å². The van der Waals surface area contributed by atoms with E-state index in [4.69, 9.17) is 9.47 Å². The second kappa shape index (κ2) is 6.51. The molecule has 0 atom stereocenters. The van der Waals surface area contributed by atoms with Crippen molar-refractivity contribution in [3.8, 4) is 0 Å². The van der Waals surface area contributed by atoms with Gasteiger partial charge in [-0.25, -0.2) is 9.59 Å². The molecule has 7 nitrogen and oxygen atoms in total. The summed E-state index contributed by atoms with van der Waals surface area (Å²) in [5.74, 6) is -0.432. The Hall–Kier alpha value is -1.57. The minimum atomic E-state index is -0.551. The quantitative estimate of drug-likeness (QED) is 0.785. The molecule has 1 fully saturated rings. The number of nitrogens with zero attached hydrogens (tertiary/aromatic N) is 2. The summed E-state index contributed by atoms with van der Waals surface area (Å²) in [7, 11) is 0. The van der Waals surface area contributed by atoms with Crippen LogP contribution in [-0.2, 0) is 16.0 Å². The van der Waals surface area contributed by atoms with Crippen molar-refractivity contribution in [3.63, 3.8) is 0 Å². The van der Waals surface area contributed by atoms with Crippen LogP contribution in [0.1, 0.15) is 51.0 Å². The predicted molar refractivity (Wildman–Crippen MR) is 87.2 cm³/mol. The van der Waals surface area contributed by atoms with Crippen molar-refractivity contribution >= 4 is 28.0 Å². The number of halogens is 1. The maximum Gasteiger partial charge on any atom is 0.408 e. The number of hydrogen-bond donors (Lipinski definition) is 1. The van der Waals surface area contributed by atoms with Gasteiger partial charge in [-0.1, -0.05) is 0 Å². The molecule has 1 aliphatic rings. The number of amides is 1. The molecule has 1 heterocycles. The Morgan fingerprint density at radius 3 is 2.61 bits per heavy atom. The van der Waals surface area contributed by atoms with Gasteiger partial charge in [0.25, 0.3) is 0 Å². The summed E-state index contributed by atoms with van der Waals surface area (Å²) in [6.45, 7) is 7.88. The molecule has 1 aromatic rings. The highest BCUT2D eigenvalue weighted by Crippen LogP contribution is 2.37. The van der Waals surface area contributed by atoms with Crippen LogP contribution in [-0.4, -0.2) is 39.6 Å². The smallest absolute Gasteiger partial charge is 0.408 e. The first-order chi connectivity index (χ1) is 10.6. The first-order valence-corrected chi connectivity index (χ1v) is 8.35. The van der Waals surface area contributed by atoms with E-state index in [2.05, 4.69) is 26.3 Å². The highest BCUT2D eigenvalue weighted by atomic mass is 79.9. The maximum atomic E-state index is 12.0. The molecule has 0 bridgehead atoms. The van der Waals surface area contributed by atoms with Crippen molar-refractivity contribution in [2.75, 3.05) is 6.61 Å². The normalized spacial score (nSPS) is 15.9. The lowest BCUT2D eigenvalue weighted by Gasteiger charge is -2.23. The Balaban J connectivity index is 2.07. The van der Waals surface area contributed by atoms with E-state index in [0.717, 1.165) is 12.8 Å². The van der Waals surface area contributed by atoms with E-state index in [1.165, 1.54) is 0 Å². The molecule has 23 heavy (non-hydrogen) atoms. The summed E-state index contributed by atoms with van der Waals surface area (Å²) in [5, 5.41) is 7.15. The summed E-state index contributed by atoms with van der Waals surface area (Å²) in [5.41, 5.74) is -0.615. The monoisotopic (exact) mass is 387 g/mol. The Bertz CT molecular complexity index is 602. The van der Waals surface area contributed by atoms with Crippen molar-refractivity contribution in [1.29, 1.82) is 0 Å². The molecular formula is C15H22BrN3O4. The number of nitrogens with one attached hydrogen (secondary N) is 1. The molecule has 0 saturated heterocycles. The molecule has 128 valence electrons.